The number of carbonyl (C=O) groups is 1. The van der Waals surface area contributed by atoms with E-state index in [0.29, 0.717) is 18.0 Å². The van der Waals surface area contributed by atoms with Crippen molar-refractivity contribution >= 4 is 39.2 Å². The van der Waals surface area contributed by atoms with Gasteiger partial charge in [-0.1, -0.05) is 0 Å². The summed E-state index contributed by atoms with van der Waals surface area (Å²) in [6, 6.07) is 0. The number of aromatic nitrogens is 2. The van der Waals surface area contributed by atoms with Crippen LogP contribution in [0.2, 0.25) is 0 Å². The molecule has 0 aromatic carbocycles. The van der Waals surface area contributed by atoms with Crippen LogP contribution < -0.4 is 10.9 Å². The van der Waals surface area contributed by atoms with Crippen LogP contribution in [0, 0.1) is 0 Å². The van der Waals surface area contributed by atoms with Crippen LogP contribution in [0.15, 0.2) is 4.79 Å². The molecule has 0 saturated carbocycles. The molecule has 4 rings (SSSR count). The van der Waals surface area contributed by atoms with Crippen LogP contribution in [0.4, 0.5) is 0 Å². The average Bonchev–Trinajstić information content (AvgIpc) is 3.31. The fourth-order valence-corrected chi connectivity index (χ4v) is 6.22. The van der Waals surface area contributed by atoms with E-state index in [0.717, 1.165) is 80.9 Å². The van der Waals surface area contributed by atoms with Gasteiger partial charge in [0.1, 0.15) is 10.7 Å². The minimum absolute atomic E-state index is 0.00639. The SMILES string of the molecule is CN1CCN(CCCNC(=O)CCSCc2nc3sc4c(c3c(=O)[nH]2)CCC4)CC1. The highest BCUT2D eigenvalue weighted by atomic mass is 32.2. The van der Waals surface area contributed by atoms with Crippen LogP contribution in [0.1, 0.15) is 35.5 Å². The van der Waals surface area contributed by atoms with Crippen molar-refractivity contribution in [3.63, 3.8) is 0 Å². The number of fused-ring (bicyclic) bond motifs is 3. The lowest BCUT2D eigenvalue weighted by Gasteiger charge is -2.32. The number of thiophene rings is 1. The maximum atomic E-state index is 12.5. The van der Waals surface area contributed by atoms with Gasteiger partial charge in [-0.25, -0.2) is 4.98 Å². The predicted molar refractivity (Wildman–Crippen MR) is 125 cm³/mol. The summed E-state index contributed by atoms with van der Waals surface area (Å²) in [5.74, 6) is 2.18. The smallest absolute Gasteiger partial charge is 0.259 e. The molecule has 0 bridgehead atoms. The van der Waals surface area contributed by atoms with Crippen molar-refractivity contribution in [1.82, 2.24) is 25.1 Å². The summed E-state index contributed by atoms with van der Waals surface area (Å²) in [4.78, 5) is 39.1. The Morgan fingerprint density at radius 1 is 1.27 bits per heavy atom. The quantitative estimate of drug-likeness (QED) is 0.569. The Hall–Kier alpha value is -1.42. The van der Waals surface area contributed by atoms with Crippen LogP contribution in [-0.2, 0) is 23.4 Å². The van der Waals surface area contributed by atoms with Crippen molar-refractivity contribution in [1.29, 1.82) is 0 Å². The molecule has 1 amide bonds. The highest BCUT2D eigenvalue weighted by molar-refractivity contribution is 7.98. The van der Waals surface area contributed by atoms with Crippen molar-refractivity contribution < 1.29 is 4.79 Å². The monoisotopic (exact) mass is 449 g/mol. The minimum Gasteiger partial charge on any atom is -0.356 e. The van der Waals surface area contributed by atoms with Crippen molar-refractivity contribution in [3.05, 3.63) is 26.6 Å². The molecule has 1 aliphatic heterocycles. The Bertz CT molecular complexity index is 933. The van der Waals surface area contributed by atoms with Crippen molar-refractivity contribution in [2.45, 2.75) is 37.9 Å². The van der Waals surface area contributed by atoms with Crippen LogP contribution in [0.25, 0.3) is 10.2 Å². The van der Waals surface area contributed by atoms with E-state index in [9.17, 15) is 9.59 Å². The van der Waals surface area contributed by atoms with Gasteiger partial charge in [-0.3, -0.25) is 9.59 Å². The van der Waals surface area contributed by atoms with E-state index < -0.39 is 0 Å². The van der Waals surface area contributed by atoms with Gasteiger partial charge >= 0.3 is 0 Å². The Morgan fingerprint density at radius 2 is 2.10 bits per heavy atom. The summed E-state index contributed by atoms with van der Waals surface area (Å²) in [6.07, 6.45) is 4.71. The Labute approximate surface area is 185 Å². The number of thioether (sulfide) groups is 1. The van der Waals surface area contributed by atoms with Crippen LogP contribution in [-0.4, -0.2) is 77.7 Å². The maximum Gasteiger partial charge on any atom is 0.259 e. The van der Waals surface area contributed by atoms with Gasteiger partial charge in [0, 0.05) is 49.8 Å². The molecule has 3 heterocycles. The number of hydrogen-bond donors (Lipinski definition) is 2. The lowest BCUT2D eigenvalue weighted by molar-refractivity contribution is -0.120. The lowest BCUT2D eigenvalue weighted by Crippen LogP contribution is -2.45. The minimum atomic E-state index is -0.00639. The average molecular weight is 450 g/mol. The fourth-order valence-electron chi connectivity index (χ4n) is 4.14. The number of piperazine rings is 1. The van der Waals surface area contributed by atoms with Crippen LogP contribution in [0.3, 0.4) is 0 Å². The van der Waals surface area contributed by atoms with Gasteiger partial charge in [0.15, 0.2) is 0 Å². The van der Waals surface area contributed by atoms with Gasteiger partial charge in [-0.2, -0.15) is 11.8 Å². The number of carbonyl (C=O) groups excluding carboxylic acids is 1. The molecular weight excluding hydrogens is 418 g/mol. The predicted octanol–water partition coefficient (Wildman–Crippen LogP) is 1.85. The van der Waals surface area contributed by atoms with Gasteiger partial charge in [0.05, 0.1) is 11.1 Å². The molecule has 0 unspecified atom stereocenters. The second-order valence-corrected chi connectivity index (χ2v) is 10.4. The standard InChI is InChI=1S/C21H31N5O2S2/c1-25-9-11-26(12-10-25)8-3-7-22-18(27)6-13-29-14-17-23-20(28)19-15-4-2-5-16(15)30-21(19)24-17/h2-14H2,1H3,(H,22,27)(H,23,24,28). The zero-order valence-electron chi connectivity index (χ0n) is 17.7. The molecule has 2 aliphatic rings. The molecule has 1 fully saturated rings. The molecular formula is C21H31N5O2S2. The van der Waals surface area contributed by atoms with E-state index in [1.165, 1.54) is 10.4 Å². The molecule has 30 heavy (non-hydrogen) atoms. The molecule has 2 N–H and O–H groups in total. The molecule has 9 heteroatoms. The molecule has 2 aromatic rings. The number of likely N-dealkylation sites (N-methyl/N-ethyl adjacent to an activating group) is 1. The van der Waals surface area contributed by atoms with E-state index in [4.69, 9.17) is 0 Å². The molecule has 0 radical (unpaired) electrons. The molecule has 0 atom stereocenters. The molecule has 164 valence electrons. The van der Waals surface area contributed by atoms with E-state index in [-0.39, 0.29) is 11.5 Å². The molecule has 0 spiro atoms. The first kappa shape index (κ1) is 21.8. The van der Waals surface area contributed by atoms with Crippen LogP contribution >= 0.6 is 23.1 Å². The topological polar surface area (TPSA) is 81.3 Å². The largest absolute Gasteiger partial charge is 0.356 e. The first-order chi connectivity index (χ1) is 14.6. The van der Waals surface area contributed by atoms with E-state index in [1.54, 1.807) is 23.1 Å². The number of amides is 1. The highest BCUT2D eigenvalue weighted by Gasteiger charge is 2.21. The second kappa shape index (κ2) is 10.3. The van der Waals surface area contributed by atoms with Crippen molar-refractivity contribution in [2.75, 3.05) is 52.1 Å². The first-order valence-electron chi connectivity index (χ1n) is 10.9. The third kappa shape index (κ3) is 5.43. The summed E-state index contributed by atoms with van der Waals surface area (Å²) in [5.41, 5.74) is 1.21. The van der Waals surface area contributed by atoms with Gasteiger partial charge in [0.25, 0.3) is 5.56 Å². The molecule has 7 nitrogen and oxygen atoms in total. The van der Waals surface area contributed by atoms with E-state index in [1.807, 2.05) is 0 Å². The Balaban J connectivity index is 1.13. The molecule has 2 aromatic heterocycles. The highest BCUT2D eigenvalue weighted by Crippen LogP contribution is 2.34. The van der Waals surface area contributed by atoms with Gasteiger partial charge in [-0.15, -0.1) is 11.3 Å². The number of hydrogen-bond acceptors (Lipinski definition) is 7. The summed E-state index contributed by atoms with van der Waals surface area (Å²) < 4.78 is 0. The summed E-state index contributed by atoms with van der Waals surface area (Å²) >= 11 is 3.31. The second-order valence-electron chi connectivity index (χ2n) is 8.20. The number of aromatic amines is 1. The van der Waals surface area contributed by atoms with Gasteiger partial charge in [-0.05, 0) is 44.8 Å². The third-order valence-electron chi connectivity index (χ3n) is 5.91. The fraction of sp³-hybridized carbons (Fsp3) is 0.667. The number of nitrogens with one attached hydrogen (secondary N) is 2. The normalized spacial score (nSPS) is 17.5. The van der Waals surface area contributed by atoms with Crippen molar-refractivity contribution in [2.24, 2.45) is 0 Å². The molecule has 1 saturated heterocycles. The van der Waals surface area contributed by atoms with Gasteiger partial charge in [0.2, 0.25) is 5.91 Å². The first-order valence-corrected chi connectivity index (χ1v) is 12.9. The summed E-state index contributed by atoms with van der Waals surface area (Å²) in [7, 11) is 2.16. The number of aryl methyl sites for hydroxylation is 2. The Morgan fingerprint density at radius 3 is 2.93 bits per heavy atom. The number of H-pyrrole nitrogens is 1. The number of rotatable bonds is 9. The van der Waals surface area contributed by atoms with E-state index >= 15 is 0 Å². The Kier molecular flexibility index (Phi) is 7.45. The third-order valence-corrected chi connectivity index (χ3v) is 8.06. The zero-order valence-corrected chi connectivity index (χ0v) is 19.3. The molecule has 1 aliphatic carbocycles. The summed E-state index contributed by atoms with van der Waals surface area (Å²) in [5, 5.41) is 3.83. The number of nitrogens with zero attached hydrogens (tertiary/aromatic N) is 3. The van der Waals surface area contributed by atoms with E-state index in [2.05, 4.69) is 32.1 Å². The van der Waals surface area contributed by atoms with Crippen LogP contribution in [0.5, 0.6) is 0 Å². The summed E-state index contributed by atoms with van der Waals surface area (Å²) in [6.45, 7) is 6.30. The van der Waals surface area contributed by atoms with Crippen molar-refractivity contribution in [3.8, 4) is 0 Å². The maximum absolute atomic E-state index is 12.5. The lowest BCUT2D eigenvalue weighted by atomic mass is 10.2. The zero-order chi connectivity index (χ0) is 20.9. The van der Waals surface area contributed by atoms with Gasteiger partial charge < -0.3 is 20.1 Å².